The van der Waals surface area contributed by atoms with Crippen LogP contribution in [0.15, 0.2) is 48.5 Å². The summed E-state index contributed by atoms with van der Waals surface area (Å²) >= 11 is 1.66. The number of anilines is 1. The third-order valence-corrected chi connectivity index (χ3v) is 6.03. The monoisotopic (exact) mass is 425 g/mol. The van der Waals surface area contributed by atoms with E-state index in [9.17, 15) is 9.59 Å². The lowest BCUT2D eigenvalue weighted by atomic mass is 10.1. The van der Waals surface area contributed by atoms with Gasteiger partial charge in [-0.3, -0.25) is 9.59 Å². The topological polar surface area (TPSA) is 61.4 Å². The highest BCUT2D eigenvalue weighted by atomic mass is 32.2. The minimum Gasteiger partial charge on any atom is -0.372 e. The summed E-state index contributed by atoms with van der Waals surface area (Å²) in [6, 6.07) is 15.2. The highest BCUT2D eigenvalue weighted by Crippen LogP contribution is 2.20. The number of rotatable bonds is 9. The molecule has 30 heavy (non-hydrogen) atoms. The second-order valence-corrected chi connectivity index (χ2v) is 8.74. The van der Waals surface area contributed by atoms with Crippen LogP contribution in [-0.4, -0.2) is 43.0 Å². The number of carbonyl (C=O) groups is 2. The molecule has 1 aliphatic heterocycles. The Balaban J connectivity index is 1.57. The standard InChI is InChI=1S/C24H31N3O2S/c1-18-6-5-7-20(16-18)23(28)26-22(12-15-30-2)24(29)25-17-19-8-10-21(11-9-19)27-13-3-4-14-27/h5-11,16,22H,3-4,12-15,17H2,1-2H3,(H,25,29)(H,26,28). The normalized spacial score (nSPS) is 14.4. The number of hydrogen-bond acceptors (Lipinski definition) is 4. The lowest BCUT2D eigenvalue weighted by Gasteiger charge is -2.19. The van der Waals surface area contributed by atoms with Crippen LogP contribution in [0.4, 0.5) is 5.69 Å². The summed E-state index contributed by atoms with van der Waals surface area (Å²) in [6.45, 7) is 4.64. The summed E-state index contributed by atoms with van der Waals surface area (Å²) < 4.78 is 0. The van der Waals surface area contributed by atoms with E-state index >= 15 is 0 Å². The van der Waals surface area contributed by atoms with Gasteiger partial charge in [0.15, 0.2) is 0 Å². The molecule has 3 rings (SSSR count). The first-order valence-corrected chi connectivity index (χ1v) is 11.9. The Hall–Kier alpha value is -2.47. The van der Waals surface area contributed by atoms with Crippen molar-refractivity contribution < 1.29 is 9.59 Å². The van der Waals surface area contributed by atoms with E-state index in [-0.39, 0.29) is 11.8 Å². The number of nitrogens with zero attached hydrogens (tertiary/aromatic N) is 1. The zero-order valence-electron chi connectivity index (χ0n) is 17.8. The molecule has 0 radical (unpaired) electrons. The second-order valence-electron chi connectivity index (χ2n) is 7.76. The molecular formula is C24H31N3O2S. The zero-order chi connectivity index (χ0) is 21.3. The molecule has 1 heterocycles. The van der Waals surface area contributed by atoms with E-state index in [1.807, 2.05) is 31.4 Å². The van der Waals surface area contributed by atoms with Gasteiger partial charge < -0.3 is 15.5 Å². The van der Waals surface area contributed by atoms with Gasteiger partial charge in [-0.15, -0.1) is 0 Å². The van der Waals surface area contributed by atoms with Crippen molar-refractivity contribution in [3.63, 3.8) is 0 Å². The van der Waals surface area contributed by atoms with Gasteiger partial charge in [0.1, 0.15) is 6.04 Å². The van der Waals surface area contributed by atoms with Crippen molar-refractivity contribution in [2.45, 2.75) is 38.8 Å². The Morgan fingerprint density at radius 1 is 1.10 bits per heavy atom. The van der Waals surface area contributed by atoms with Gasteiger partial charge in [0.25, 0.3) is 5.91 Å². The van der Waals surface area contributed by atoms with Gasteiger partial charge >= 0.3 is 0 Å². The maximum atomic E-state index is 12.8. The van der Waals surface area contributed by atoms with Gasteiger partial charge in [0, 0.05) is 30.9 Å². The highest BCUT2D eigenvalue weighted by molar-refractivity contribution is 7.98. The Labute approximate surface area is 183 Å². The van der Waals surface area contributed by atoms with Gasteiger partial charge in [-0.2, -0.15) is 11.8 Å². The minimum absolute atomic E-state index is 0.145. The third-order valence-electron chi connectivity index (χ3n) is 5.39. The van der Waals surface area contributed by atoms with Crippen molar-refractivity contribution in [2.75, 3.05) is 30.0 Å². The highest BCUT2D eigenvalue weighted by Gasteiger charge is 2.21. The van der Waals surface area contributed by atoms with Crippen LogP contribution in [0.2, 0.25) is 0 Å². The Morgan fingerprint density at radius 2 is 1.83 bits per heavy atom. The molecular weight excluding hydrogens is 394 g/mol. The zero-order valence-corrected chi connectivity index (χ0v) is 18.6. The molecule has 1 atom stereocenters. The fourth-order valence-corrected chi connectivity index (χ4v) is 4.12. The summed E-state index contributed by atoms with van der Waals surface area (Å²) in [4.78, 5) is 27.8. The first-order chi connectivity index (χ1) is 14.6. The van der Waals surface area contributed by atoms with Crippen LogP contribution in [0.3, 0.4) is 0 Å². The number of aryl methyl sites for hydroxylation is 1. The van der Waals surface area contributed by atoms with Gasteiger partial charge in [0.2, 0.25) is 5.91 Å². The van der Waals surface area contributed by atoms with Gasteiger partial charge in [0.05, 0.1) is 0 Å². The molecule has 2 aromatic carbocycles. The molecule has 5 nitrogen and oxygen atoms in total. The third kappa shape index (κ3) is 6.26. The van der Waals surface area contributed by atoms with Crippen molar-refractivity contribution in [1.82, 2.24) is 10.6 Å². The molecule has 2 N–H and O–H groups in total. The van der Waals surface area contributed by atoms with Crippen LogP contribution >= 0.6 is 11.8 Å². The summed E-state index contributed by atoms with van der Waals surface area (Å²) in [5.74, 6) is 0.445. The first-order valence-electron chi connectivity index (χ1n) is 10.5. The van der Waals surface area contributed by atoms with Crippen LogP contribution in [-0.2, 0) is 11.3 Å². The number of benzene rings is 2. The van der Waals surface area contributed by atoms with Crippen LogP contribution in [0, 0.1) is 6.92 Å². The van der Waals surface area contributed by atoms with E-state index in [2.05, 4.69) is 39.8 Å². The molecule has 2 amide bonds. The average Bonchev–Trinajstić information content (AvgIpc) is 3.30. The quantitative estimate of drug-likeness (QED) is 0.642. The van der Waals surface area contributed by atoms with Crippen molar-refractivity contribution in [3.05, 3.63) is 65.2 Å². The van der Waals surface area contributed by atoms with E-state index in [4.69, 9.17) is 0 Å². The smallest absolute Gasteiger partial charge is 0.251 e. The average molecular weight is 426 g/mol. The Kier molecular flexibility index (Phi) is 8.20. The van der Waals surface area contributed by atoms with Crippen molar-refractivity contribution in [1.29, 1.82) is 0 Å². The van der Waals surface area contributed by atoms with Crippen molar-refractivity contribution >= 4 is 29.3 Å². The van der Waals surface area contributed by atoms with E-state index in [0.29, 0.717) is 18.5 Å². The van der Waals surface area contributed by atoms with E-state index < -0.39 is 6.04 Å². The molecule has 2 aromatic rings. The maximum Gasteiger partial charge on any atom is 0.251 e. The summed E-state index contributed by atoms with van der Waals surface area (Å²) in [5, 5.41) is 5.90. The number of hydrogen-bond donors (Lipinski definition) is 2. The van der Waals surface area contributed by atoms with E-state index in [1.54, 1.807) is 17.8 Å². The molecule has 6 heteroatoms. The van der Waals surface area contributed by atoms with Crippen LogP contribution in [0.1, 0.15) is 40.7 Å². The second kappa shape index (κ2) is 11.1. The number of thioether (sulfide) groups is 1. The molecule has 1 fully saturated rings. The summed E-state index contributed by atoms with van der Waals surface area (Å²) in [5.41, 5.74) is 3.89. The lowest BCUT2D eigenvalue weighted by Crippen LogP contribution is -2.46. The SMILES string of the molecule is CSCCC(NC(=O)c1cccc(C)c1)C(=O)NCc1ccc(N2CCCC2)cc1. The van der Waals surface area contributed by atoms with Crippen LogP contribution in [0.25, 0.3) is 0 Å². The molecule has 1 unspecified atom stereocenters. The molecule has 160 valence electrons. The number of carbonyl (C=O) groups excluding carboxylic acids is 2. The number of nitrogens with one attached hydrogen (secondary N) is 2. The lowest BCUT2D eigenvalue weighted by molar-refractivity contribution is -0.123. The Bertz CT molecular complexity index is 848. The van der Waals surface area contributed by atoms with Gasteiger partial charge in [-0.25, -0.2) is 0 Å². The van der Waals surface area contributed by atoms with E-state index in [1.165, 1.54) is 18.5 Å². The van der Waals surface area contributed by atoms with Crippen molar-refractivity contribution in [3.8, 4) is 0 Å². The molecule has 0 aromatic heterocycles. The number of amides is 2. The van der Waals surface area contributed by atoms with E-state index in [0.717, 1.165) is 30.0 Å². The maximum absolute atomic E-state index is 12.8. The molecule has 1 saturated heterocycles. The van der Waals surface area contributed by atoms with Crippen LogP contribution < -0.4 is 15.5 Å². The molecule has 0 bridgehead atoms. The predicted octanol–water partition coefficient (Wildman–Crippen LogP) is 3.76. The van der Waals surface area contributed by atoms with Gasteiger partial charge in [-0.1, -0.05) is 29.8 Å². The Morgan fingerprint density at radius 3 is 2.50 bits per heavy atom. The summed E-state index contributed by atoms with van der Waals surface area (Å²) in [6.07, 6.45) is 5.10. The van der Waals surface area contributed by atoms with Crippen molar-refractivity contribution in [2.24, 2.45) is 0 Å². The minimum atomic E-state index is -0.547. The molecule has 0 spiro atoms. The fraction of sp³-hybridized carbons (Fsp3) is 0.417. The van der Waals surface area contributed by atoms with Gasteiger partial charge in [-0.05, 0) is 68.0 Å². The molecule has 0 aliphatic carbocycles. The fourth-order valence-electron chi connectivity index (χ4n) is 3.64. The molecule has 0 saturated carbocycles. The molecule has 1 aliphatic rings. The largest absolute Gasteiger partial charge is 0.372 e. The predicted molar refractivity (Wildman–Crippen MR) is 125 cm³/mol. The van der Waals surface area contributed by atoms with Crippen LogP contribution in [0.5, 0.6) is 0 Å². The summed E-state index contributed by atoms with van der Waals surface area (Å²) in [7, 11) is 0. The first kappa shape index (κ1) is 22.2.